The maximum absolute atomic E-state index is 13.4. The molecular formula is C20H25F3N2O5. The monoisotopic (exact) mass is 430 g/mol. The molecule has 0 spiro atoms. The molecule has 0 radical (unpaired) electrons. The van der Waals surface area contributed by atoms with Gasteiger partial charge in [0.25, 0.3) is 0 Å². The number of carbonyl (C=O) groups excluding carboxylic acids is 1. The van der Waals surface area contributed by atoms with Gasteiger partial charge in [-0.05, 0) is 30.5 Å². The zero-order valence-electron chi connectivity index (χ0n) is 16.4. The fraction of sp³-hybridized carbons (Fsp3) is 0.600. The van der Waals surface area contributed by atoms with E-state index in [0.717, 1.165) is 18.6 Å². The number of nitrogens with zero attached hydrogens (tertiary/aromatic N) is 2. The van der Waals surface area contributed by atoms with Crippen LogP contribution < -0.4 is 4.74 Å². The molecule has 1 atom stereocenters. The van der Waals surface area contributed by atoms with Crippen molar-refractivity contribution >= 4 is 12.0 Å². The summed E-state index contributed by atoms with van der Waals surface area (Å²) in [7, 11) is 0. The van der Waals surface area contributed by atoms with E-state index in [1.807, 2.05) is 0 Å². The number of rotatable bonds is 4. The van der Waals surface area contributed by atoms with E-state index >= 15 is 0 Å². The first-order valence-corrected chi connectivity index (χ1v) is 9.94. The normalized spacial score (nSPS) is 20.5. The number of piperazine rings is 1. The van der Waals surface area contributed by atoms with E-state index in [0.29, 0.717) is 25.7 Å². The zero-order chi connectivity index (χ0) is 21.9. The first kappa shape index (κ1) is 22.2. The highest BCUT2D eigenvalue weighted by Crippen LogP contribution is 2.42. The van der Waals surface area contributed by atoms with Gasteiger partial charge in [0.15, 0.2) is 0 Å². The van der Waals surface area contributed by atoms with Gasteiger partial charge in [-0.2, -0.15) is 0 Å². The summed E-state index contributed by atoms with van der Waals surface area (Å²) in [4.78, 5) is 27.2. The molecule has 1 aromatic carbocycles. The molecule has 0 unspecified atom stereocenters. The highest BCUT2D eigenvalue weighted by Gasteiger charge is 2.45. The van der Waals surface area contributed by atoms with Gasteiger partial charge >= 0.3 is 12.5 Å². The molecule has 10 heteroatoms. The average molecular weight is 430 g/mol. The Morgan fingerprint density at radius 3 is 2.20 bits per heavy atom. The maximum atomic E-state index is 13.4. The molecule has 1 aromatic rings. The Labute approximate surface area is 172 Å². The van der Waals surface area contributed by atoms with Crippen LogP contribution in [0.2, 0.25) is 0 Å². The molecule has 1 aliphatic heterocycles. The summed E-state index contributed by atoms with van der Waals surface area (Å²) in [6.07, 6.45) is -2.87. The predicted octanol–water partition coefficient (Wildman–Crippen LogP) is 3.19. The Morgan fingerprint density at radius 1 is 1.03 bits per heavy atom. The summed E-state index contributed by atoms with van der Waals surface area (Å²) in [6.45, 7) is 0.611. The fourth-order valence-corrected chi connectivity index (χ4v) is 4.33. The van der Waals surface area contributed by atoms with Crippen molar-refractivity contribution in [1.29, 1.82) is 0 Å². The average Bonchev–Trinajstić information content (AvgIpc) is 2.67. The second-order valence-corrected chi connectivity index (χ2v) is 7.81. The predicted molar refractivity (Wildman–Crippen MR) is 100 cm³/mol. The van der Waals surface area contributed by atoms with E-state index in [4.69, 9.17) is 5.11 Å². The van der Waals surface area contributed by atoms with Crippen LogP contribution in [0.25, 0.3) is 0 Å². The zero-order valence-corrected chi connectivity index (χ0v) is 16.4. The van der Waals surface area contributed by atoms with Gasteiger partial charge in [-0.3, -0.25) is 4.79 Å². The summed E-state index contributed by atoms with van der Waals surface area (Å²) in [5.41, 5.74) is -1.12. The smallest absolute Gasteiger partial charge is 0.465 e. The number of amides is 2. The van der Waals surface area contributed by atoms with E-state index < -0.39 is 35.6 Å². The van der Waals surface area contributed by atoms with Crippen LogP contribution in [-0.2, 0) is 4.79 Å². The van der Waals surface area contributed by atoms with Crippen LogP contribution in [0.1, 0.15) is 43.6 Å². The van der Waals surface area contributed by atoms with Crippen molar-refractivity contribution in [2.75, 3.05) is 26.2 Å². The van der Waals surface area contributed by atoms with Crippen molar-refractivity contribution in [3.8, 4) is 5.75 Å². The number of hydrogen-bond donors (Lipinski definition) is 2. The Morgan fingerprint density at radius 2 is 1.63 bits per heavy atom. The Hall–Kier alpha value is -2.49. The summed E-state index contributed by atoms with van der Waals surface area (Å²) in [5, 5.41) is 20.4. The van der Waals surface area contributed by atoms with E-state index in [9.17, 15) is 27.9 Å². The first-order valence-electron chi connectivity index (χ1n) is 9.94. The van der Waals surface area contributed by atoms with Crippen LogP contribution in [0.4, 0.5) is 18.0 Å². The SMILES string of the molecule is O=C(O)N1CCN(C(=O)[C@H](c2cccc(OC(F)(F)F)c2)C2(O)CCCCC2)CC1. The summed E-state index contributed by atoms with van der Waals surface area (Å²) < 4.78 is 42.0. The first-order chi connectivity index (χ1) is 14.1. The Bertz CT molecular complexity index is 772. The van der Waals surface area contributed by atoms with E-state index in [1.165, 1.54) is 21.9 Å². The minimum atomic E-state index is -4.87. The number of carbonyl (C=O) groups is 2. The minimum absolute atomic E-state index is 0.142. The highest BCUT2D eigenvalue weighted by molar-refractivity contribution is 5.85. The quantitative estimate of drug-likeness (QED) is 0.766. The molecule has 30 heavy (non-hydrogen) atoms. The lowest BCUT2D eigenvalue weighted by molar-refractivity contribution is -0.274. The molecule has 2 amide bonds. The molecule has 1 saturated carbocycles. The Kier molecular flexibility index (Phi) is 6.44. The second-order valence-electron chi connectivity index (χ2n) is 7.81. The third-order valence-corrected chi connectivity index (χ3v) is 5.79. The van der Waals surface area contributed by atoms with Crippen LogP contribution >= 0.6 is 0 Å². The van der Waals surface area contributed by atoms with Gasteiger partial charge in [0.2, 0.25) is 5.91 Å². The number of halogens is 3. The van der Waals surface area contributed by atoms with Crippen molar-refractivity contribution in [3.63, 3.8) is 0 Å². The number of aliphatic hydroxyl groups is 1. The number of hydrogen-bond acceptors (Lipinski definition) is 4. The molecule has 2 fully saturated rings. The third kappa shape index (κ3) is 5.16. The van der Waals surface area contributed by atoms with Gasteiger partial charge in [0, 0.05) is 26.2 Å². The topological polar surface area (TPSA) is 90.3 Å². The highest BCUT2D eigenvalue weighted by atomic mass is 19.4. The van der Waals surface area contributed by atoms with Crippen molar-refractivity contribution < 1.29 is 37.7 Å². The van der Waals surface area contributed by atoms with Gasteiger partial charge in [-0.1, -0.05) is 31.4 Å². The van der Waals surface area contributed by atoms with Crippen LogP contribution in [0.15, 0.2) is 24.3 Å². The molecule has 2 aliphatic rings. The Balaban J connectivity index is 1.89. The molecular weight excluding hydrogens is 405 g/mol. The van der Waals surface area contributed by atoms with Crippen LogP contribution in [-0.4, -0.2) is 70.2 Å². The van der Waals surface area contributed by atoms with Gasteiger partial charge in [0.1, 0.15) is 5.75 Å². The molecule has 1 aliphatic carbocycles. The van der Waals surface area contributed by atoms with Crippen LogP contribution in [0.5, 0.6) is 5.75 Å². The number of alkyl halides is 3. The van der Waals surface area contributed by atoms with Gasteiger partial charge < -0.3 is 24.7 Å². The van der Waals surface area contributed by atoms with Gasteiger partial charge in [-0.15, -0.1) is 13.2 Å². The molecule has 166 valence electrons. The molecule has 7 nitrogen and oxygen atoms in total. The van der Waals surface area contributed by atoms with Crippen molar-refractivity contribution in [2.45, 2.75) is 50.0 Å². The lowest BCUT2D eigenvalue weighted by Gasteiger charge is -2.42. The minimum Gasteiger partial charge on any atom is -0.465 e. The van der Waals surface area contributed by atoms with E-state index in [1.54, 1.807) is 0 Å². The van der Waals surface area contributed by atoms with Crippen molar-refractivity contribution in [3.05, 3.63) is 29.8 Å². The molecule has 3 rings (SSSR count). The molecule has 2 N–H and O–H groups in total. The lowest BCUT2D eigenvalue weighted by Crippen LogP contribution is -2.54. The summed E-state index contributed by atoms with van der Waals surface area (Å²) in [6, 6.07) is 5.18. The maximum Gasteiger partial charge on any atom is 0.573 e. The summed E-state index contributed by atoms with van der Waals surface area (Å²) in [5.74, 6) is -1.91. The van der Waals surface area contributed by atoms with E-state index in [-0.39, 0.29) is 31.7 Å². The molecule has 0 bridgehead atoms. The number of ether oxygens (including phenoxy) is 1. The molecule has 1 saturated heterocycles. The van der Waals surface area contributed by atoms with E-state index in [2.05, 4.69) is 4.74 Å². The summed E-state index contributed by atoms with van der Waals surface area (Å²) >= 11 is 0. The molecule has 1 heterocycles. The fourth-order valence-electron chi connectivity index (χ4n) is 4.33. The van der Waals surface area contributed by atoms with Crippen LogP contribution in [0.3, 0.4) is 0 Å². The van der Waals surface area contributed by atoms with Gasteiger partial charge in [0.05, 0.1) is 11.5 Å². The lowest BCUT2D eigenvalue weighted by atomic mass is 9.72. The number of benzene rings is 1. The second kappa shape index (κ2) is 8.71. The standard InChI is InChI=1S/C20H25F3N2O5/c21-20(22,23)30-15-6-4-5-14(13-15)16(19(29)7-2-1-3-8-19)17(26)24-9-11-25(12-10-24)18(27)28/h4-6,13,16,29H,1-3,7-12H2,(H,27,28)/t16-/m0/s1. The van der Waals surface area contributed by atoms with Gasteiger partial charge in [-0.25, -0.2) is 4.79 Å². The number of carboxylic acid groups (broad SMARTS) is 1. The largest absolute Gasteiger partial charge is 0.573 e. The van der Waals surface area contributed by atoms with Crippen molar-refractivity contribution in [2.24, 2.45) is 0 Å². The van der Waals surface area contributed by atoms with Crippen molar-refractivity contribution in [1.82, 2.24) is 9.80 Å². The van der Waals surface area contributed by atoms with Crippen LogP contribution in [0, 0.1) is 0 Å². The third-order valence-electron chi connectivity index (χ3n) is 5.79. The molecule has 0 aromatic heterocycles.